The van der Waals surface area contributed by atoms with E-state index in [4.69, 9.17) is 0 Å². The first-order valence-electron chi connectivity index (χ1n) is 5.74. The summed E-state index contributed by atoms with van der Waals surface area (Å²) in [7, 11) is 4.33. The quantitative estimate of drug-likeness (QED) is 0.724. The summed E-state index contributed by atoms with van der Waals surface area (Å²) in [5, 5.41) is 3.46. The number of nitrogens with one attached hydrogen (secondary N) is 1. The van der Waals surface area contributed by atoms with Gasteiger partial charge in [0.2, 0.25) is 0 Å². The van der Waals surface area contributed by atoms with Crippen molar-refractivity contribution in [1.82, 2.24) is 10.2 Å². The number of nitrogens with zero attached hydrogens (tertiary/aromatic N) is 1. The Hall–Kier alpha value is 0.01000. The third kappa shape index (κ3) is 4.17. The van der Waals surface area contributed by atoms with E-state index in [0.29, 0.717) is 12.1 Å². The maximum absolute atomic E-state index is 3.98. The fraction of sp³-hybridized carbons (Fsp3) is 0.833. The van der Waals surface area contributed by atoms with Gasteiger partial charge in [-0.3, -0.25) is 0 Å². The summed E-state index contributed by atoms with van der Waals surface area (Å²) in [4.78, 5) is 2.50. The van der Waals surface area contributed by atoms with Crippen molar-refractivity contribution in [2.75, 3.05) is 32.1 Å². The molecule has 15 heavy (non-hydrogen) atoms. The summed E-state index contributed by atoms with van der Waals surface area (Å²) in [6.07, 6.45) is 2.35. The van der Waals surface area contributed by atoms with Gasteiger partial charge in [-0.1, -0.05) is 5.57 Å². The monoisotopic (exact) mass is 228 g/mol. The second kappa shape index (κ2) is 6.56. The summed E-state index contributed by atoms with van der Waals surface area (Å²) in [5.74, 6) is 2.54. The fourth-order valence-electron chi connectivity index (χ4n) is 2.06. The van der Waals surface area contributed by atoms with Crippen LogP contribution in [0.5, 0.6) is 0 Å². The van der Waals surface area contributed by atoms with Crippen LogP contribution in [0.2, 0.25) is 0 Å². The lowest BCUT2D eigenvalue weighted by molar-refractivity contribution is 0.213. The molecule has 1 N–H and O–H groups in total. The smallest absolute Gasteiger partial charge is 0.0337 e. The van der Waals surface area contributed by atoms with E-state index in [1.807, 2.05) is 0 Å². The van der Waals surface area contributed by atoms with Crippen LogP contribution in [0.1, 0.15) is 19.8 Å². The normalized spacial score (nSPS) is 25.1. The molecule has 0 saturated carbocycles. The molecule has 1 saturated heterocycles. The summed E-state index contributed by atoms with van der Waals surface area (Å²) in [5.41, 5.74) is 1.29. The number of allylic oxidation sites excluding steroid dienone is 1. The van der Waals surface area contributed by atoms with Gasteiger partial charge in [-0.05, 0) is 33.9 Å². The van der Waals surface area contributed by atoms with Crippen LogP contribution >= 0.6 is 11.8 Å². The minimum atomic E-state index is 0.611. The minimum Gasteiger partial charge on any atom is -0.315 e. The second-order valence-electron chi connectivity index (χ2n) is 4.51. The lowest BCUT2D eigenvalue weighted by Gasteiger charge is -2.37. The maximum atomic E-state index is 3.98. The van der Waals surface area contributed by atoms with Crippen molar-refractivity contribution < 1.29 is 0 Å². The lowest BCUT2D eigenvalue weighted by Crippen LogP contribution is -2.51. The number of hydrogen-bond acceptors (Lipinski definition) is 3. The Kier molecular flexibility index (Phi) is 5.72. The van der Waals surface area contributed by atoms with Gasteiger partial charge < -0.3 is 10.2 Å². The first kappa shape index (κ1) is 13.1. The van der Waals surface area contributed by atoms with Gasteiger partial charge >= 0.3 is 0 Å². The van der Waals surface area contributed by atoms with Crippen molar-refractivity contribution >= 4 is 11.8 Å². The molecule has 2 atom stereocenters. The van der Waals surface area contributed by atoms with Gasteiger partial charge in [0.25, 0.3) is 0 Å². The van der Waals surface area contributed by atoms with Crippen molar-refractivity contribution in [2.45, 2.75) is 31.8 Å². The van der Waals surface area contributed by atoms with Crippen LogP contribution < -0.4 is 5.32 Å². The van der Waals surface area contributed by atoms with Gasteiger partial charge in [-0.25, -0.2) is 0 Å². The van der Waals surface area contributed by atoms with Gasteiger partial charge in [0.05, 0.1) is 0 Å². The number of likely N-dealkylation sites (N-methyl/N-ethyl adjacent to an activating group) is 2. The van der Waals surface area contributed by atoms with Gasteiger partial charge in [0.1, 0.15) is 0 Å². The van der Waals surface area contributed by atoms with Gasteiger partial charge in [-0.15, -0.1) is 6.58 Å². The van der Waals surface area contributed by atoms with E-state index in [1.54, 1.807) is 0 Å². The van der Waals surface area contributed by atoms with Crippen molar-refractivity contribution in [3.63, 3.8) is 0 Å². The number of rotatable bonds is 5. The molecule has 0 aliphatic carbocycles. The predicted molar refractivity (Wildman–Crippen MR) is 70.6 cm³/mol. The number of hydrogen-bond donors (Lipinski definition) is 1. The molecule has 2 unspecified atom stereocenters. The summed E-state index contributed by atoms with van der Waals surface area (Å²) in [6.45, 7) is 7.32. The van der Waals surface area contributed by atoms with E-state index in [0.717, 1.165) is 6.42 Å². The maximum Gasteiger partial charge on any atom is 0.0337 e. The molecule has 0 amide bonds. The molecule has 3 heteroatoms. The molecule has 0 aromatic rings. The summed E-state index contributed by atoms with van der Waals surface area (Å²) >= 11 is 2.08. The lowest BCUT2D eigenvalue weighted by atomic mass is 10.0. The second-order valence-corrected chi connectivity index (χ2v) is 5.66. The third-order valence-electron chi connectivity index (χ3n) is 3.16. The van der Waals surface area contributed by atoms with Gasteiger partial charge in [-0.2, -0.15) is 11.8 Å². The molecule has 88 valence electrons. The summed E-state index contributed by atoms with van der Waals surface area (Å²) < 4.78 is 0. The third-order valence-corrected chi connectivity index (χ3v) is 4.21. The van der Waals surface area contributed by atoms with Crippen LogP contribution in [0.15, 0.2) is 12.2 Å². The van der Waals surface area contributed by atoms with E-state index in [2.05, 4.69) is 49.6 Å². The molecular formula is C12H24N2S. The minimum absolute atomic E-state index is 0.611. The van der Waals surface area contributed by atoms with Crippen molar-refractivity contribution in [3.8, 4) is 0 Å². The van der Waals surface area contributed by atoms with E-state index in [9.17, 15) is 0 Å². The topological polar surface area (TPSA) is 15.3 Å². The Labute approximate surface area is 98.5 Å². The Morgan fingerprint density at radius 2 is 2.40 bits per heavy atom. The Balaban J connectivity index is 2.44. The molecule has 1 fully saturated rings. The van der Waals surface area contributed by atoms with Crippen LogP contribution in [0.4, 0.5) is 0 Å². The average molecular weight is 228 g/mol. The molecule has 0 spiro atoms. The van der Waals surface area contributed by atoms with E-state index < -0.39 is 0 Å². The van der Waals surface area contributed by atoms with Crippen molar-refractivity contribution in [2.24, 2.45) is 0 Å². The standard InChI is InChI=1S/C12H24N2S/c1-10(2)5-6-11(13-3)12-9-15-8-7-14(12)4/h11-13H,1,5-9H2,2-4H3. The highest BCUT2D eigenvalue weighted by molar-refractivity contribution is 7.99. The highest BCUT2D eigenvalue weighted by Crippen LogP contribution is 2.20. The molecule has 1 rings (SSSR count). The SMILES string of the molecule is C=C(C)CCC(NC)C1CSCCN1C. The van der Waals surface area contributed by atoms with Crippen LogP contribution in [0, 0.1) is 0 Å². The van der Waals surface area contributed by atoms with E-state index in [-0.39, 0.29) is 0 Å². The zero-order valence-corrected chi connectivity index (χ0v) is 11.1. The van der Waals surface area contributed by atoms with Crippen molar-refractivity contribution in [1.29, 1.82) is 0 Å². The molecule has 0 radical (unpaired) electrons. The first-order chi connectivity index (χ1) is 7.15. The molecule has 2 nitrogen and oxygen atoms in total. The van der Waals surface area contributed by atoms with Crippen LogP contribution in [0.3, 0.4) is 0 Å². The fourth-order valence-corrected chi connectivity index (χ4v) is 3.37. The molecule has 1 aliphatic rings. The van der Waals surface area contributed by atoms with E-state index >= 15 is 0 Å². The molecule has 0 bridgehead atoms. The first-order valence-corrected chi connectivity index (χ1v) is 6.90. The van der Waals surface area contributed by atoms with Crippen LogP contribution in [0.25, 0.3) is 0 Å². The van der Waals surface area contributed by atoms with Crippen molar-refractivity contribution in [3.05, 3.63) is 12.2 Å². The molecular weight excluding hydrogens is 204 g/mol. The number of thioether (sulfide) groups is 1. The molecule has 1 aliphatic heterocycles. The Bertz CT molecular complexity index is 206. The van der Waals surface area contributed by atoms with E-state index in [1.165, 1.54) is 30.0 Å². The zero-order valence-electron chi connectivity index (χ0n) is 10.3. The molecule has 1 heterocycles. The van der Waals surface area contributed by atoms with Crippen LogP contribution in [-0.4, -0.2) is 49.1 Å². The van der Waals surface area contributed by atoms with Gasteiger partial charge in [0, 0.05) is 30.1 Å². The predicted octanol–water partition coefficient (Wildman–Crippen LogP) is 1.98. The largest absolute Gasteiger partial charge is 0.315 e. The zero-order chi connectivity index (χ0) is 11.3. The Morgan fingerprint density at radius 1 is 1.67 bits per heavy atom. The molecule has 0 aromatic heterocycles. The summed E-state index contributed by atoms with van der Waals surface area (Å²) in [6, 6.07) is 1.30. The van der Waals surface area contributed by atoms with Gasteiger partial charge in [0.15, 0.2) is 0 Å². The highest BCUT2D eigenvalue weighted by atomic mass is 32.2. The Morgan fingerprint density at radius 3 is 2.93 bits per heavy atom. The van der Waals surface area contributed by atoms with Crippen LogP contribution in [-0.2, 0) is 0 Å². The highest BCUT2D eigenvalue weighted by Gasteiger charge is 2.26. The molecule has 0 aromatic carbocycles. The average Bonchev–Trinajstić information content (AvgIpc) is 2.21.